The molecule has 4 aromatic rings. The van der Waals surface area contributed by atoms with Crippen LogP contribution in [-0.2, 0) is 6.54 Å². The molecule has 0 aliphatic carbocycles. The van der Waals surface area contributed by atoms with Crippen molar-refractivity contribution in [2.75, 3.05) is 0 Å². The summed E-state index contributed by atoms with van der Waals surface area (Å²) in [5.41, 5.74) is 6.59. The van der Waals surface area contributed by atoms with Gasteiger partial charge in [-0.25, -0.2) is 4.39 Å². The average Bonchev–Trinajstić information content (AvgIpc) is 3.29. The second-order valence-electron chi connectivity index (χ2n) is 7.46. The standard InChI is InChI=1S/C23H22FN5O/c1-14-5-10-20(11-15(14)2)29-16(3)12-21(17(29)4)22(30)13-28-26-23(25-27-28)18-6-8-19(24)9-7-18/h5-12H,13H2,1-4H3. The van der Waals surface area contributed by atoms with E-state index in [1.165, 1.54) is 28.1 Å². The minimum absolute atomic E-state index is 0.0224. The summed E-state index contributed by atoms with van der Waals surface area (Å²) in [6.45, 7) is 8.06. The predicted molar refractivity (Wildman–Crippen MR) is 112 cm³/mol. The number of hydrogen-bond donors (Lipinski definition) is 0. The lowest BCUT2D eigenvalue weighted by Gasteiger charge is -2.12. The number of halogens is 1. The summed E-state index contributed by atoms with van der Waals surface area (Å²) in [7, 11) is 0. The molecule has 4 rings (SSSR count). The Morgan fingerprint density at radius 3 is 2.40 bits per heavy atom. The number of Topliss-reactive ketones (excluding diaryl/α,β-unsaturated/α-hetero) is 1. The Bertz CT molecular complexity index is 1240. The van der Waals surface area contributed by atoms with Gasteiger partial charge >= 0.3 is 0 Å². The van der Waals surface area contributed by atoms with Crippen LogP contribution in [0.2, 0.25) is 0 Å². The van der Waals surface area contributed by atoms with Crippen molar-refractivity contribution in [2.45, 2.75) is 34.2 Å². The molecule has 0 saturated heterocycles. The number of carbonyl (C=O) groups excluding carboxylic acids is 1. The molecule has 0 aliphatic heterocycles. The lowest BCUT2D eigenvalue weighted by molar-refractivity contribution is 0.0961. The molecular formula is C23H22FN5O. The van der Waals surface area contributed by atoms with Crippen molar-refractivity contribution in [1.29, 1.82) is 0 Å². The molecule has 30 heavy (non-hydrogen) atoms. The first-order valence-corrected chi connectivity index (χ1v) is 9.67. The van der Waals surface area contributed by atoms with Crippen molar-refractivity contribution in [1.82, 2.24) is 24.8 Å². The van der Waals surface area contributed by atoms with E-state index in [0.29, 0.717) is 17.0 Å². The van der Waals surface area contributed by atoms with Crippen LogP contribution in [0, 0.1) is 33.5 Å². The third-order valence-corrected chi connectivity index (χ3v) is 5.32. The lowest BCUT2D eigenvalue weighted by Crippen LogP contribution is -2.14. The molecule has 152 valence electrons. The number of nitrogens with zero attached hydrogens (tertiary/aromatic N) is 5. The van der Waals surface area contributed by atoms with Crippen molar-refractivity contribution < 1.29 is 9.18 Å². The van der Waals surface area contributed by atoms with Gasteiger partial charge in [-0.05, 0) is 86.5 Å². The molecule has 2 aromatic carbocycles. The number of rotatable bonds is 5. The maximum atomic E-state index is 13.1. The smallest absolute Gasteiger partial charge is 0.204 e. The zero-order valence-corrected chi connectivity index (χ0v) is 17.3. The van der Waals surface area contributed by atoms with E-state index in [2.05, 4.69) is 52.0 Å². The fraction of sp³-hybridized carbons (Fsp3) is 0.217. The highest BCUT2D eigenvalue weighted by atomic mass is 19.1. The van der Waals surface area contributed by atoms with Crippen LogP contribution >= 0.6 is 0 Å². The molecule has 0 spiro atoms. The second-order valence-corrected chi connectivity index (χ2v) is 7.46. The van der Waals surface area contributed by atoms with Gasteiger partial charge in [-0.15, -0.1) is 10.2 Å². The van der Waals surface area contributed by atoms with Crippen LogP contribution in [0.15, 0.2) is 48.5 Å². The molecule has 0 radical (unpaired) electrons. The van der Waals surface area contributed by atoms with Gasteiger partial charge in [-0.2, -0.15) is 4.80 Å². The number of benzene rings is 2. The molecule has 2 heterocycles. The highest BCUT2D eigenvalue weighted by molar-refractivity contribution is 5.97. The van der Waals surface area contributed by atoms with Crippen LogP contribution in [0.3, 0.4) is 0 Å². The molecule has 2 aromatic heterocycles. The summed E-state index contributed by atoms with van der Waals surface area (Å²) in [6.07, 6.45) is 0. The third kappa shape index (κ3) is 3.66. The average molecular weight is 403 g/mol. The summed E-state index contributed by atoms with van der Waals surface area (Å²) >= 11 is 0. The van der Waals surface area contributed by atoms with E-state index in [4.69, 9.17) is 0 Å². The normalized spacial score (nSPS) is 11.1. The van der Waals surface area contributed by atoms with Gasteiger partial charge in [0.25, 0.3) is 0 Å². The van der Waals surface area contributed by atoms with Gasteiger partial charge in [-0.1, -0.05) is 6.07 Å². The lowest BCUT2D eigenvalue weighted by atomic mass is 10.1. The van der Waals surface area contributed by atoms with E-state index >= 15 is 0 Å². The van der Waals surface area contributed by atoms with E-state index < -0.39 is 0 Å². The fourth-order valence-corrected chi connectivity index (χ4v) is 3.55. The Morgan fingerprint density at radius 1 is 0.967 bits per heavy atom. The summed E-state index contributed by atoms with van der Waals surface area (Å²) in [6, 6.07) is 14.0. The van der Waals surface area contributed by atoms with Crippen molar-refractivity contribution in [2.24, 2.45) is 0 Å². The monoisotopic (exact) mass is 403 g/mol. The van der Waals surface area contributed by atoms with Crippen LogP contribution in [0.25, 0.3) is 17.1 Å². The topological polar surface area (TPSA) is 65.6 Å². The van der Waals surface area contributed by atoms with E-state index in [9.17, 15) is 9.18 Å². The summed E-state index contributed by atoms with van der Waals surface area (Å²) < 4.78 is 15.2. The minimum Gasteiger partial charge on any atom is -0.318 e. The number of ketones is 1. The van der Waals surface area contributed by atoms with Crippen molar-refractivity contribution >= 4 is 5.78 Å². The van der Waals surface area contributed by atoms with E-state index in [1.54, 1.807) is 12.1 Å². The van der Waals surface area contributed by atoms with Gasteiger partial charge < -0.3 is 4.57 Å². The molecule has 0 N–H and O–H groups in total. The van der Waals surface area contributed by atoms with Gasteiger partial charge in [0.2, 0.25) is 5.82 Å². The van der Waals surface area contributed by atoms with Gasteiger partial charge in [0, 0.05) is 28.2 Å². The Balaban J connectivity index is 1.59. The first-order valence-electron chi connectivity index (χ1n) is 9.67. The highest BCUT2D eigenvalue weighted by Crippen LogP contribution is 2.23. The van der Waals surface area contributed by atoms with Crippen LogP contribution < -0.4 is 0 Å². The molecule has 0 unspecified atom stereocenters. The number of aromatic nitrogens is 5. The summed E-state index contributed by atoms with van der Waals surface area (Å²) in [5, 5.41) is 12.2. The maximum absolute atomic E-state index is 13.1. The molecular weight excluding hydrogens is 381 g/mol. The summed E-state index contributed by atoms with van der Waals surface area (Å²) in [5.74, 6) is -0.0786. The Labute approximate surface area is 174 Å². The molecule has 0 amide bonds. The highest BCUT2D eigenvalue weighted by Gasteiger charge is 2.18. The van der Waals surface area contributed by atoms with Crippen LogP contribution in [-0.4, -0.2) is 30.6 Å². The molecule has 0 bridgehead atoms. The minimum atomic E-state index is -0.333. The van der Waals surface area contributed by atoms with Gasteiger partial charge in [0.15, 0.2) is 5.78 Å². The third-order valence-electron chi connectivity index (χ3n) is 5.32. The number of hydrogen-bond acceptors (Lipinski definition) is 4. The summed E-state index contributed by atoms with van der Waals surface area (Å²) in [4.78, 5) is 14.2. The van der Waals surface area contributed by atoms with Gasteiger partial charge in [0.05, 0.1) is 0 Å². The Morgan fingerprint density at radius 2 is 1.70 bits per heavy atom. The van der Waals surface area contributed by atoms with Crippen molar-refractivity contribution in [3.8, 4) is 17.1 Å². The molecule has 0 aliphatic rings. The molecule has 0 fully saturated rings. The first kappa shape index (κ1) is 19.7. The van der Waals surface area contributed by atoms with E-state index in [1.807, 2.05) is 19.9 Å². The number of carbonyl (C=O) groups is 1. The largest absolute Gasteiger partial charge is 0.318 e. The molecule has 7 heteroatoms. The fourth-order valence-electron chi connectivity index (χ4n) is 3.55. The van der Waals surface area contributed by atoms with E-state index in [0.717, 1.165) is 17.1 Å². The zero-order chi connectivity index (χ0) is 21.4. The molecule has 6 nitrogen and oxygen atoms in total. The quantitative estimate of drug-likeness (QED) is 0.464. The van der Waals surface area contributed by atoms with Crippen LogP contribution in [0.5, 0.6) is 0 Å². The van der Waals surface area contributed by atoms with Crippen LogP contribution in [0.1, 0.15) is 32.9 Å². The van der Waals surface area contributed by atoms with Gasteiger partial charge in [0.1, 0.15) is 12.4 Å². The number of aryl methyl sites for hydroxylation is 3. The molecule has 0 saturated carbocycles. The number of tetrazole rings is 1. The first-order chi connectivity index (χ1) is 14.3. The Kier molecular flexibility index (Phi) is 5.03. The second kappa shape index (κ2) is 7.67. The predicted octanol–water partition coefficient (Wildman–Crippen LogP) is 4.39. The Hall–Kier alpha value is -3.61. The van der Waals surface area contributed by atoms with Crippen molar-refractivity contribution in [3.05, 3.63) is 82.4 Å². The molecule has 0 atom stereocenters. The van der Waals surface area contributed by atoms with Gasteiger partial charge in [-0.3, -0.25) is 4.79 Å². The zero-order valence-electron chi connectivity index (χ0n) is 17.3. The SMILES string of the molecule is Cc1ccc(-n2c(C)cc(C(=O)Cn3nnc(-c4ccc(F)cc4)n3)c2C)cc1C. The van der Waals surface area contributed by atoms with E-state index in [-0.39, 0.29) is 18.1 Å². The van der Waals surface area contributed by atoms with Crippen LogP contribution in [0.4, 0.5) is 4.39 Å². The maximum Gasteiger partial charge on any atom is 0.204 e. The van der Waals surface area contributed by atoms with Crippen molar-refractivity contribution in [3.63, 3.8) is 0 Å².